The number of anilines is 2. The smallest absolute Gasteiger partial charge is 0.272 e. The van der Waals surface area contributed by atoms with Crippen molar-refractivity contribution in [3.63, 3.8) is 0 Å². The number of nitrogens with zero attached hydrogens (tertiary/aromatic N) is 1. The average Bonchev–Trinajstić information content (AvgIpc) is 3.10. The maximum atomic E-state index is 12.7. The van der Waals surface area contributed by atoms with E-state index in [0.29, 0.717) is 29.4 Å². The minimum absolute atomic E-state index is 0.00566. The number of aromatic nitrogens is 1. The molecule has 0 spiro atoms. The molecule has 0 saturated carbocycles. The molecule has 26 heavy (non-hydrogen) atoms. The third kappa shape index (κ3) is 3.30. The van der Waals surface area contributed by atoms with Crippen LogP contribution in [0.15, 0.2) is 66.9 Å². The SMILES string of the molecule is O=C1COc2ccc(NC(=O)c3cccn3Cc3ccccc3)cc2N1. The van der Waals surface area contributed by atoms with Crippen molar-refractivity contribution in [3.05, 3.63) is 78.1 Å². The van der Waals surface area contributed by atoms with E-state index in [0.717, 1.165) is 5.56 Å². The van der Waals surface area contributed by atoms with Gasteiger partial charge in [-0.25, -0.2) is 0 Å². The summed E-state index contributed by atoms with van der Waals surface area (Å²) in [5.74, 6) is 0.168. The van der Waals surface area contributed by atoms with Crippen LogP contribution < -0.4 is 15.4 Å². The molecule has 1 aliphatic rings. The maximum absolute atomic E-state index is 12.7. The number of nitrogens with one attached hydrogen (secondary N) is 2. The summed E-state index contributed by atoms with van der Waals surface area (Å²) >= 11 is 0. The predicted molar refractivity (Wildman–Crippen MR) is 98.5 cm³/mol. The number of hydrogen-bond donors (Lipinski definition) is 2. The number of ether oxygens (including phenoxy) is 1. The highest BCUT2D eigenvalue weighted by molar-refractivity contribution is 6.04. The van der Waals surface area contributed by atoms with Gasteiger partial charge in [0.2, 0.25) is 0 Å². The van der Waals surface area contributed by atoms with Crippen LogP contribution in [0.2, 0.25) is 0 Å². The molecule has 2 N–H and O–H groups in total. The lowest BCUT2D eigenvalue weighted by molar-refractivity contribution is -0.118. The van der Waals surface area contributed by atoms with Gasteiger partial charge in [0, 0.05) is 18.4 Å². The van der Waals surface area contributed by atoms with Crippen LogP contribution in [-0.2, 0) is 11.3 Å². The fourth-order valence-electron chi connectivity index (χ4n) is 2.89. The fraction of sp³-hybridized carbons (Fsp3) is 0.100. The molecule has 6 heteroatoms. The first-order valence-electron chi connectivity index (χ1n) is 8.26. The summed E-state index contributed by atoms with van der Waals surface area (Å²) in [6.07, 6.45) is 1.88. The molecule has 4 rings (SSSR count). The van der Waals surface area contributed by atoms with Crippen molar-refractivity contribution < 1.29 is 14.3 Å². The Morgan fingerprint density at radius 1 is 1.12 bits per heavy atom. The second kappa shape index (κ2) is 6.76. The Hall–Kier alpha value is -3.54. The molecule has 1 aliphatic heterocycles. The van der Waals surface area contributed by atoms with Crippen molar-refractivity contribution in [2.45, 2.75) is 6.54 Å². The van der Waals surface area contributed by atoms with Gasteiger partial charge in [0.25, 0.3) is 11.8 Å². The van der Waals surface area contributed by atoms with Crippen molar-refractivity contribution in [1.82, 2.24) is 4.57 Å². The Labute approximate surface area is 150 Å². The molecule has 6 nitrogen and oxygen atoms in total. The molecular weight excluding hydrogens is 330 g/mol. The van der Waals surface area contributed by atoms with Crippen molar-refractivity contribution in [2.24, 2.45) is 0 Å². The first-order chi connectivity index (χ1) is 12.7. The van der Waals surface area contributed by atoms with E-state index in [1.807, 2.05) is 47.2 Å². The zero-order valence-electron chi connectivity index (χ0n) is 13.9. The van der Waals surface area contributed by atoms with Gasteiger partial charge in [0.1, 0.15) is 11.4 Å². The summed E-state index contributed by atoms with van der Waals surface area (Å²) in [5, 5.41) is 5.60. The number of hydrogen-bond acceptors (Lipinski definition) is 3. The number of rotatable bonds is 4. The Kier molecular flexibility index (Phi) is 4.15. The number of fused-ring (bicyclic) bond motifs is 1. The van der Waals surface area contributed by atoms with Gasteiger partial charge in [-0.2, -0.15) is 0 Å². The first kappa shape index (κ1) is 16.0. The van der Waals surface area contributed by atoms with E-state index in [1.165, 1.54) is 0 Å². The molecular formula is C20H17N3O3. The van der Waals surface area contributed by atoms with Crippen LogP contribution in [0.1, 0.15) is 16.1 Å². The van der Waals surface area contributed by atoms with Gasteiger partial charge in [0.15, 0.2) is 6.61 Å². The third-order valence-electron chi connectivity index (χ3n) is 4.13. The Bertz CT molecular complexity index is 963. The minimum atomic E-state index is -0.214. The van der Waals surface area contributed by atoms with Crippen LogP contribution in [0, 0.1) is 0 Å². The molecule has 2 amide bonds. The van der Waals surface area contributed by atoms with E-state index in [9.17, 15) is 9.59 Å². The molecule has 0 unspecified atom stereocenters. The van der Waals surface area contributed by atoms with Gasteiger partial charge < -0.3 is 19.9 Å². The van der Waals surface area contributed by atoms with Gasteiger partial charge in [0.05, 0.1) is 5.69 Å². The summed E-state index contributed by atoms with van der Waals surface area (Å²) in [6, 6.07) is 18.7. The fourth-order valence-corrected chi connectivity index (χ4v) is 2.89. The first-order valence-corrected chi connectivity index (χ1v) is 8.26. The monoisotopic (exact) mass is 347 g/mol. The molecule has 0 saturated heterocycles. The van der Waals surface area contributed by atoms with E-state index in [4.69, 9.17) is 4.74 Å². The molecule has 2 aromatic carbocycles. The summed E-state index contributed by atoms with van der Waals surface area (Å²) in [5.41, 5.74) is 2.82. The number of benzene rings is 2. The number of carbonyl (C=O) groups is 2. The van der Waals surface area contributed by atoms with Gasteiger partial charge >= 0.3 is 0 Å². The Morgan fingerprint density at radius 2 is 1.96 bits per heavy atom. The number of amides is 2. The molecule has 0 atom stereocenters. The molecule has 0 fully saturated rings. The molecule has 3 aromatic rings. The lowest BCUT2D eigenvalue weighted by Gasteiger charge is -2.18. The van der Waals surface area contributed by atoms with E-state index in [-0.39, 0.29) is 18.4 Å². The van der Waals surface area contributed by atoms with Crippen LogP contribution >= 0.6 is 0 Å². The lowest BCUT2D eigenvalue weighted by atomic mass is 10.2. The molecule has 1 aromatic heterocycles. The van der Waals surface area contributed by atoms with E-state index < -0.39 is 0 Å². The number of carbonyl (C=O) groups excluding carboxylic acids is 2. The lowest BCUT2D eigenvalue weighted by Crippen LogP contribution is -2.25. The highest BCUT2D eigenvalue weighted by Gasteiger charge is 2.17. The molecule has 130 valence electrons. The van der Waals surface area contributed by atoms with Crippen molar-refractivity contribution >= 4 is 23.2 Å². The highest BCUT2D eigenvalue weighted by atomic mass is 16.5. The zero-order valence-corrected chi connectivity index (χ0v) is 13.9. The molecule has 0 bridgehead atoms. The second-order valence-corrected chi connectivity index (χ2v) is 6.01. The maximum Gasteiger partial charge on any atom is 0.272 e. The normalized spacial score (nSPS) is 12.7. The van der Waals surface area contributed by atoms with Crippen molar-refractivity contribution in [1.29, 1.82) is 0 Å². The van der Waals surface area contributed by atoms with E-state index in [1.54, 1.807) is 24.3 Å². The van der Waals surface area contributed by atoms with E-state index in [2.05, 4.69) is 10.6 Å². The summed E-state index contributed by atoms with van der Waals surface area (Å²) in [4.78, 5) is 24.1. The van der Waals surface area contributed by atoms with Gasteiger partial charge in [-0.1, -0.05) is 30.3 Å². The summed E-state index contributed by atoms with van der Waals surface area (Å²) in [6.45, 7) is 0.621. The highest BCUT2D eigenvalue weighted by Crippen LogP contribution is 2.30. The van der Waals surface area contributed by atoms with Gasteiger partial charge in [-0.15, -0.1) is 0 Å². The van der Waals surface area contributed by atoms with E-state index >= 15 is 0 Å². The van der Waals surface area contributed by atoms with Gasteiger partial charge in [-0.3, -0.25) is 9.59 Å². The zero-order chi connectivity index (χ0) is 17.9. The standard InChI is InChI=1S/C20H17N3O3/c24-19-13-26-18-9-8-15(11-16(18)22-19)21-20(25)17-7-4-10-23(17)12-14-5-2-1-3-6-14/h1-11H,12-13H2,(H,21,25)(H,22,24). The topological polar surface area (TPSA) is 72.4 Å². The molecule has 2 heterocycles. The van der Waals surface area contributed by atoms with Crippen LogP contribution in [0.4, 0.5) is 11.4 Å². The molecule has 0 radical (unpaired) electrons. The Balaban J connectivity index is 1.52. The van der Waals surface area contributed by atoms with Crippen LogP contribution in [0.3, 0.4) is 0 Å². The largest absolute Gasteiger partial charge is 0.482 e. The quantitative estimate of drug-likeness (QED) is 0.762. The Morgan fingerprint density at radius 3 is 2.81 bits per heavy atom. The van der Waals surface area contributed by atoms with Crippen molar-refractivity contribution in [3.8, 4) is 5.75 Å². The summed E-state index contributed by atoms with van der Waals surface area (Å²) < 4.78 is 7.22. The summed E-state index contributed by atoms with van der Waals surface area (Å²) in [7, 11) is 0. The van der Waals surface area contributed by atoms with Gasteiger partial charge in [-0.05, 0) is 35.9 Å². The molecule has 0 aliphatic carbocycles. The second-order valence-electron chi connectivity index (χ2n) is 6.01. The average molecular weight is 347 g/mol. The predicted octanol–water partition coefficient (Wildman–Crippen LogP) is 3.12. The minimum Gasteiger partial charge on any atom is -0.482 e. The van der Waals surface area contributed by atoms with Crippen molar-refractivity contribution in [2.75, 3.05) is 17.2 Å². The van der Waals surface area contributed by atoms with Crippen LogP contribution in [0.5, 0.6) is 5.75 Å². The third-order valence-corrected chi connectivity index (χ3v) is 4.13. The van der Waals surface area contributed by atoms with Crippen LogP contribution in [0.25, 0.3) is 0 Å². The van der Waals surface area contributed by atoms with Crippen LogP contribution in [-0.4, -0.2) is 23.0 Å².